The van der Waals surface area contributed by atoms with Gasteiger partial charge in [0.2, 0.25) is 0 Å². The highest BCUT2D eigenvalue weighted by Gasteiger charge is 2.25. The molecule has 1 unspecified atom stereocenters. The Labute approximate surface area is 189 Å². The van der Waals surface area contributed by atoms with Crippen molar-refractivity contribution in [3.8, 4) is 0 Å². The number of nitrogens with zero attached hydrogens (tertiary/aromatic N) is 1. The summed E-state index contributed by atoms with van der Waals surface area (Å²) in [5, 5.41) is 21.2. The average Bonchev–Trinajstić information content (AvgIpc) is 2.77. The van der Waals surface area contributed by atoms with Crippen molar-refractivity contribution in [2.75, 3.05) is 52.4 Å². The van der Waals surface area contributed by atoms with Gasteiger partial charge in [-0.25, -0.2) is 0 Å². The van der Waals surface area contributed by atoms with Crippen LogP contribution in [0.25, 0.3) is 0 Å². The molecule has 0 aliphatic heterocycles. The summed E-state index contributed by atoms with van der Waals surface area (Å²) in [5.41, 5.74) is 12.7. The van der Waals surface area contributed by atoms with Crippen LogP contribution in [0.2, 0.25) is 0 Å². The number of aliphatic imine (C=N–C) groups is 1. The lowest BCUT2D eigenvalue weighted by molar-refractivity contribution is 0.0199. The minimum Gasteiger partial charge on any atom is -0.372 e. The van der Waals surface area contributed by atoms with E-state index in [0.29, 0.717) is 0 Å². The second kappa shape index (κ2) is 17.2. The molecule has 8 N–H and O–H groups in total. The number of aliphatic hydroxyl groups is 1. The zero-order valence-corrected chi connectivity index (χ0v) is 19.8. The van der Waals surface area contributed by atoms with E-state index in [2.05, 4.69) is 16.0 Å². The fourth-order valence-corrected chi connectivity index (χ4v) is 3.43. The third-order valence-electron chi connectivity index (χ3n) is 5.32. The molecule has 0 saturated heterocycles. The molecule has 178 valence electrons. The van der Waals surface area contributed by atoms with E-state index in [0.717, 1.165) is 108 Å². The first-order valence-corrected chi connectivity index (χ1v) is 11.9. The molecule has 7 nitrogen and oxygen atoms in total. The third kappa shape index (κ3) is 12.3. The lowest BCUT2D eigenvalue weighted by atomic mass is 9.95. The van der Waals surface area contributed by atoms with Crippen LogP contribution < -0.4 is 27.4 Å². The van der Waals surface area contributed by atoms with Crippen molar-refractivity contribution in [2.24, 2.45) is 16.5 Å². The van der Waals surface area contributed by atoms with Crippen LogP contribution in [0.5, 0.6) is 0 Å². The summed E-state index contributed by atoms with van der Waals surface area (Å²) < 4.78 is 0. The second-order valence-electron chi connectivity index (χ2n) is 8.21. The van der Waals surface area contributed by atoms with Crippen molar-refractivity contribution >= 4 is 5.71 Å². The Balaban J connectivity index is 2.46. The van der Waals surface area contributed by atoms with E-state index in [4.69, 9.17) is 16.5 Å². The summed E-state index contributed by atoms with van der Waals surface area (Å²) in [4.78, 5) is 4.76. The first kappa shape index (κ1) is 27.7. The van der Waals surface area contributed by atoms with E-state index in [-0.39, 0.29) is 0 Å². The molecule has 0 aromatic heterocycles. The number of rotatable bonds is 19. The molecule has 0 radical (unpaired) electrons. The summed E-state index contributed by atoms with van der Waals surface area (Å²) in [7, 11) is 0. The lowest BCUT2D eigenvalue weighted by Gasteiger charge is -2.28. The molecule has 0 spiro atoms. The molecule has 0 bridgehead atoms. The van der Waals surface area contributed by atoms with Crippen molar-refractivity contribution < 1.29 is 5.11 Å². The molecular weight excluding hydrogens is 388 g/mol. The average molecular weight is 435 g/mol. The standard InChI is InChI=1S/C24H46N6O/c1-21(29-19-8-7-16-27-17-9-14-26)22-11-3-4-12-23(22)24(2,31)30-20-10-18-28-15-6-5-13-25/h3-4,11-12,27-28,30-31H,5-10,13-20,25-26H2,1-2H3. The Bertz CT molecular complexity index is 605. The Morgan fingerprint density at radius 1 is 0.871 bits per heavy atom. The van der Waals surface area contributed by atoms with Gasteiger partial charge >= 0.3 is 0 Å². The Morgan fingerprint density at radius 2 is 1.48 bits per heavy atom. The molecule has 0 aliphatic rings. The maximum atomic E-state index is 11.1. The first-order valence-electron chi connectivity index (χ1n) is 11.9. The Kier molecular flexibility index (Phi) is 15.4. The van der Waals surface area contributed by atoms with Crippen molar-refractivity contribution in [3.63, 3.8) is 0 Å². The number of hydrogen-bond acceptors (Lipinski definition) is 7. The predicted molar refractivity (Wildman–Crippen MR) is 133 cm³/mol. The molecule has 0 saturated carbocycles. The first-order chi connectivity index (χ1) is 15.0. The van der Waals surface area contributed by atoms with Crippen molar-refractivity contribution in [1.29, 1.82) is 0 Å². The van der Waals surface area contributed by atoms with E-state index >= 15 is 0 Å². The van der Waals surface area contributed by atoms with E-state index in [1.807, 2.05) is 38.1 Å². The van der Waals surface area contributed by atoms with Gasteiger partial charge in [0.05, 0.1) is 0 Å². The Hall–Kier alpha value is -1.35. The molecular formula is C24H46N6O. The topological polar surface area (TPSA) is 121 Å². The van der Waals surface area contributed by atoms with Crippen molar-refractivity contribution in [3.05, 3.63) is 35.4 Å². The van der Waals surface area contributed by atoms with Gasteiger partial charge < -0.3 is 27.2 Å². The maximum Gasteiger partial charge on any atom is 0.139 e. The fourth-order valence-electron chi connectivity index (χ4n) is 3.43. The monoisotopic (exact) mass is 434 g/mol. The number of hydrogen-bond donors (Lipinski definition) is 6. The zero-order chi connectivity index (χ0) is 22.8. The van der Waals surface area contributed by atoms with Gasteiger partial charge in [-0.1, -0.05) is 24.3 Å². The maximum absolute atomic E-state index is 11.1. The van der Waals surface area contributed by atoms with Gasteiger partial charge in [-0.15, -0.1) is 0 Å². The van der Waals surface area contributed by atoms with Crippen LogP contribution in [0.15, 0.2) is 29.3 Å². The number of benzene rings is 1. The molecule has 0 amide bonds. The van der Waals surface area contributed by atoms with Crippen LogP contribution in [0.3, 0.4) is 0 Å². The van der Waals surface area contributed by atoms with Crippen LogP contribution >= 0.6 is 0 Å². The highest BCUT2D eigenvalue weighted by molar-refractivity contribution is 6.00. The van der Waals surface area contributed by atoms with E-state index in [1.54, 1.807) is 0 Å². The predicted octanol–water partition coefficient (Wildman–Crippen LogP) is 1.69. The van der Waals surface area contributed by atoms with E-state index < -0.39 is 5.72 Å². The van der Waals surface area contributed by atoms with Gasteiger partial charge in [0.25, 0.3) is 0 Å². The van der Waals surface area contributed by atoms with Crippen LogP contribution in [0.1, 0.15) is 63.5 Å². The minimum atomic E-state index is -1.10. The summed E-state index contributed by atoms with van der Waals surface area (Å²) in [6.07, 6.45) is 6.28. The third-order valence-corrected chi connectivity index (χ3v) is 5.32. The summed E-state index contributed by atoms with van der Waals surface area (Å²) in [5.74, 6) is 0. The van der Waals surface area contributed by atoms with E-state index in [1.165, 1.54) is 0 Å². The lowest BCUT2D eigenvalue weighted by Crippen LogP contribution is -2.41. The van der Waals surface area contributed by atoms with Gasteiger partial charge in [0, 0.05) is 23.4 Å². The molecule has 7 heteroatoms. The van der Waals surface area contributed by atoms with Gasteiger partial charge in [-0.3, -0.25) is 10.3 Å². The van der Waals surface area contributed by atoms with Gasteiger partial charge in [0.15, 0.2) is 0 Å². The van der Waals surface area contributed by atoms with Crippen LogP contribution in [-0.4, -0.2) is 63.2 Å². The fraction of sp³-hybridized carbons (Fsp3) is 0.708. The van der Waals surface area contributed by atoms with Crippen molar-refractivity contribution in [2.45, 2.75) is 58.1 Å². The zero-order valence-electron chi connectivity index (χ0n) is 19.8. The van der Waals surface area contributed by atoms with Gasteiger partial charge in [-0.2, -0.15) is 0 Å². The number of nitrogens with two attached hydrogens (primary N) is 2. The number of unbranched alkanes of at least 4 members (excludes halogenated alkanes) is 2. The summed E-state index contributed by atoms with van der Waals surface area (Å²) in [6, 6.07) is 7.99. The quantitative estimate of drug-likeness (QED) is 0.112. The molecule has 1 rings (SSSR count). The minimum absolute atomic E-state index is 0.735. The SMILES string of the molecule is CC(=NCCCCNCCCN)c1ccccc1C(C)(O)NCCCNCCCCN. The largest absolute Gasteiger partial charge is 0.372 e. The molecule has 1 aromatic carbocycles. The van der Waals surface area contributed by atoms with Crippen LogP contribution in [0, 0.1) is 0 Å². The second-order valence-corrected chi connectivity index (χ2v) is 8.21. The highest BCUT2D eigenvalue weighted by atomic mass is 16.3. The van der Waals surface area contributed by atoms with Gasteiger partial charge in [-0.05, 0) is 98.2 Å². The molecule has 31 heavy (non-hydrogen) atoms. The molecule has 0 fully saturated rings. The van der Waals surface area contributed by atoms with E-state index in [9.17, 15) is 5.11 Å². The van der Waals surface area contributed by atoms with Crippen LogP contribution in [-0.2, 0) is 5.72 Å². The number of nitrogens with one attached hydrogen (secondary N) is 3. The summed E-state index contributed by atoms with van der Waals surface area (Å²) >= 11 is 0. The van der Waals surface area contributed by atoms with Crippen LogP contribution in [0.4, 0.5) is 0 Å². The molecule has 1 aromatic rings. The van der Waals surface area contributed by atoms with Gasteiger partial charge in [0.1, 0.15) is 5.72 Å². The highest BCUT2D eigenvalue weighted by Crippen LogP contribution is 2.22. The Morgan fingerprint density at radius 3 is 2.19 bits per heavy atom. The molecule has 0 heterocycles. The smallest absolute Gasteiger partial charge is 0.139 e. The summed E-state index contributed by atoms with van der Waals surface area (Å²) in [6.45, 7) is 10.8. The molecule has 0 aliphatic carbocycles. The van der Waals surface area contributed by atoms with Crippen molar-refractivity contribution in [1.82, 2.24) is 16.0 Å². The molecule has 1 atom stereocenters. The normalized spacial score (nSPS) is 14.0.